The van der Waals surface area contributed by atoms with Crippen LogP contribution < -0.4 is 9.47 Å². The Morgan fingerprint density at radius 3 is 1.27 bits per heavy atom. The number of ether oxygens (including phenoxy) is 2. The number of carbonyl (C=O) groups excluding carboxylic acids is 2. The first kappa shape index (κ1) is 21.3. The lowest BCUT2D eigenvalue weighted by atomic mass is 9.97. The van der Waals surface area contributed by atoms with Gasteiger partial charge in [-0.1, -0.05) is 76.2 Å². The van der Waals surface area contributed by atoms with E-state index in [0.717, 1.165) is 11.1 Å². The van der Waals surface area contributed by atoms with Crippen LogP contribution in [-0.4, -0.2) is 11.9 Å². The number of hydrogen-bond acceptors (Lipinski definition) is 4. The van der Waals surface area contributed by atoms with Crippen molar-refractivity contribution >= 4 is 11.9 Å². The Hall–Kier alpha value is -3.40. The second-order valence-electron chi connectivity index (χ2n) is 7.71. The van der Waals surface area contributed by atoms with Gasteiger partial charge in [-0.25, -0.2) is 9.59 Å². The molecule has 0 aliphatic heterocycles. The second-order valence-corrected chi connectivity index (χ2v) is 7.71. The molecule has 0 fully saturated rings. The molecule has 0 spiro atoms. The summed E-state index contributed by atoms with van der Waals surface area (Å²) in [6, 6.07) is 21.4. The number of benzene rings is 3. The van der Waals surface area contributed by atoms with Crippen LogP contribution in [0.2, 0.25) is 0 Å². The maximum absolute atomic E-state index is 12.8. The Kier molecular flexibility index (Phi) is 6.68. The van der Waals surface area contributed by atoms with Crippen LogP contribution in [0.4, 0.5) is 0 Å². The smallest absolute Gasteiger partial charge is 0.343 e. The molecule has 0 atom stereocenters. The number of rotatable bonds is 6. The summed E-state index contributed by atoms with van der Waals surface area (Å²) in [7, 11) is 0. The highest BCUT2D eigenvalue weighted by Gasteiger charge is 2.20. The van der Waals surface area contributed by atoms with Crippen LogP contribution in [0.25, 0.3) is 0 Å². The monoisotopic (exact) mass is 402 g/mol. The summed E-state index contributed by atoms with van der Waals surface area (Å²) in [5.74, 6) is -0.202. The summed E-state index contributed by atoms with van der Waals surface area (Å²) in [5.41, 5.74) is 2.81. The SMILES string of the molecule is CC(C)c1ccccc1C(=O)Oc1ccccc1OC(=O)c1ccccc1C(C)C. The van der Waals surface area contributed by atoms with Crippen molar-refractivity contribution in [3.05, 3.63) is 95.1 Å². The summed E-state index contributed by atoms with van der Waals surface area (Å²) < 4.78 is 11.2. The van der Waals surface area contributed by atoms with Gasteiger partial charge in [0.1, 0.15) is 0 Å². The Bertz CT molecular complexity index is 966. The van der Waals surface area contributed by atoms with Gasteiger partial charge in [-0.15, -0.1) is 0 Å². The predicted molar refractivity (Wildman–Crippen MR) is 117 cm³/mol. The van der Waals surface area contributed by atoms with Crippen molar-refractivity contribution in [3.63, 3.8) is 0 Å². The molecule has 0 bridgehead atoms. The molecule has 0 aliphatic rings. The van der Waals surface area contributed by atoms with E-state index in [0.29, 0.717) is 11.1 Å². The molecule has 0 N–H and O–H groups in total. The van der Waals surface area contributed by atoms with Crippen molar-refractivity contribution in [3.8, 4) is 11.5 Å². The third kappa shape index (κ3) is 4.77. The first-order valence-corrected chi connectivity index (χ1v) is 10.1. The van der Waals surface area contributed by atoms with E-state index in [2.05, 4.69) is 0 Å². The molecule has 0 unspecified atom stereocenters. The Labute approximate surface area is 177 Å². The Morgan fingerprint density at radius 2 is 0.900 bits per heavy atom. The van der Waals surface area contributed by atoms with Crippen molar-refractivity contribution in [2.24, 2.45) is 0 Å². The third-order valence-corrected chi connectivity index (χ3v) is 4.86. The molecule has 0 aliphatic carbocycles. The van der Waals surface area contributed by atoms with Crippen LogP contribution in [0.5, 0.6) is 11.5 Å². The van der Waals surface area contributed by atoms with Crippen molar-refractivity contribution in [1.82, 2.24) is 0 Å². The molecule has 4 nitrogen and oxygen atoms in total. The van der Waals surface area contributed by atoms with Crippen LogP contribution in [0.1, 0.15) is 71.4 Å². The quantitative estimate of drug-likeness (QED) is 0.355. The zero-order valence-corrected chi connectivity index (χ0v) is 17.7. The molecule has 30 heavy (non-hydrogen) atoms. The molecule has 3 aromatic rings. The zero-order valence-electron chi connectivity index (χ0n) is 17.7. The van der Waals surface area contributed by atoms with E-state index < -0.39 is 11.9 Å². The molecular formula is C26H26O4. The maximum Gasteiger partial charge on any atom is 0.343 e. The number of carbonyl (C=O) groups is 2. The van der Waals surface area contributed by atoms with Crippen LogP contribution in [0, 0.1) is 0 Å². The van der Waals surface area contributed by atoms with Gasteiger partial charge < -0.3 is 9.47 Å². The first-order chi connectivity index (χ1) is 14.4. The van der Waals surface area contributed by atoms with Gasteiger partial charge in [0, 0.05) is 0 Å². The van der Waals surface area contributed by atoms with Gasteiger partial charge in [-0.2, -0.15) is 0 Å². The van der Waals surface area contributed by atoms with Crippen LogP contribution >= 0.6 is 0 Å². The van der Waals surface area contributed by atoms with Crippen LogP contribution in [0.3, 0.4) is 0 Å². The van der Waals surface area contributed by atoms with Crippen LogP contribution in [0.15, 0.2) is 72.8 Å². The number of esters is 2. The highest BCUT2D eigenvalue weighted by atomic mass is 16.6. The van der Waals surface area contributed by atoms with E-state index in [9.17, 15) is 9.59 Å². The molecule has 4 heteroatoms. The van der Waals surface area contributed by atoms with E-state index in [4.69, 9.17) is 9.47 Å². The fourth-order valence-electron chi connectivity index (χ4n) is 3.30. The van der Waals surface area contributed by atoms with Gasteiger partial charge in [-0.05, 0) is 47.2 Å². The minimum absolute atomic E-state index is 0.175. The minimum atomic E-state index is -0.481. The lowest BCUT2D eigenvalue weighted by Crippen LogP contribution is -2.15. The van der Waals surface area contributed by atoms with Gasteiger partial charge in [0.05, 0.1) is 11.1 Å². The number of hydrogen-bond donors (Lipinski definition) is 0. The second kappa shape index (κ2) is 9.40. The molecule has 0 radical (unpaired) electrons. The van der Waals surface area contributed by atoms with Crippen molar-refractivity contribution in [2.45, 2.75) is 39.5 Å². The molecule has 0 heterocycles. The predicted octanol–water partition coefficient (Wildman–Crippen LogP) is 6.37. The van der Waals surface area contributed by atoms with Crippen molar-refractivity contribution in [2.75, 3.05) is 0 Å². The Morgan fingerprint density at radius 1 is 0.567 bits per heavy atom. The lowest BCUT2D eigenvalue weighted by molar-refractivity contribution is 0.0681. The lowest BCUT2D eigenvalue weighted by Gasteiger charge is -2.15. The summed E-state index contributed by atoms with van der Waals surface area (Å²) in [6.45, 7) is 8.09. The third-order valence-electron chi connectivity index (χ3n) is 4.86. The van der Waals surface area contributed by atoms with Crippen molar-refractivity contribution in [1.29, 1.82) is 0 Å². The summed E-state index contributed by atoms with van der Waals surface area (Å²) in [4.78, 5) is 25.7. The average molecular weight is 402 g/mol. The number of para-hydroxylation sites is 2. The average Bonchev–Trinajstić information content (AvgIpc) is 2.75. The molecule has 0 saturated carbocycles. The van der Waals surface area contributed by atoms with Gasteiger partial charge >= 0.3 is 11.9 Å². The topological polar surface area (TPSA) is 52.6 Å². The summed E-state index contributed by atoms with van der Waals surface area (Å²) >= 11 is 0. The molecular weight excluding hydrogens is 376 g/mol. The summed E-state index contributed by atoms with van der Waals surface area (Å²) in [5, 5.41) is 0. The Balaban J connectivity index is 1.86. The first-order valence-electron chi connectivity index (χ1n) is 10.1. The largest absolute Gasteiger partial charge is 0.419 e. The van der Waals surface area contributed by atoms with Gasteiger partial charge in [0.25, 0.3) is 0 Å². The molecule has 3 rings (SSSR count). The highest BCUT2D eigenvalue weighted by molar-refractivity contribution is 5.95. The molecule has 0 saturated heterocycles. The van der Waals surface area contributed by atoms with Gasteiger partial charge in [-0.3, -0.25) is 0 Å². The zero-order chi connectivity index (χ0) is 21.7. The maximum atomic E-state index is 12.8. The van der Waals surface area contributed by atoms with Crippen molar-refractivity contribution < 1.29 is 19.1 Å². The van der Waals surface area contributed by atoms with E-state index in [1.807, 2.05) is 52.0 Å². The van der Waals surface area contributed by atoms with Gasteiger partial charge in [0.2, 0.25) is 0 Å². The van der Waals surface area contributed by atoms with E-state index >= 15 is 0 Å². The van der Waals surface area contributed by atoms with E-state index in [1.54, 1.807) is 48.5 Å². The standard InChI is InChI=1S/C26H26O4/c1-17(2)19-11-5-7-13-21(19)25(27)29-23-15-9-10-16-24(23)30-26(28)22-14-8-6-12-20(22)18(3)4/h5-18H,1-4H3. The molecule has 3 aromatic carbocycles. The normalized spacial score (nSPS) is 10.9. The minimum Gasteiger partial charge on any atom is -0.419 e. The highest BCUT2D eigenvalue weighted by Crippen LogP contribution is 2.30. The molecule has 0 amide bonds. The fourth-order valence-corrected chi connectivity index (χ4v) is 3.30. The van der Waals surface area contributed by atoms with Gasteiger partial charge in [0.15, 0.2) is 11.5 Å². The summed E-state index contributed by atoms with van der Waals surface area (Å²) in [6.07, 6.45) is 0. The van der Waals surface area contributed by atoms with E-state index in [-0.39, 0.29) is 23.3 Å². The fraction of sp³-hybridized carbons (Fsp3) is 0.231. The molecule has 154 valence electrons. The van der Waals surface area contributed by atoms with Crippen LogP contribution in [-0.2, 0) is 0 Å². The molecule has 0 aromatic heterocycles. The van der Waals surface area contributed by atoms with E-state index in [1.165, 1.54) is 0 Å².